The van der Waals surface area contributed by atoms with E-state index < -0.39 is 0 Å². The average Bonchev–Trinajstić information content (AvgIpc) is 2.76. The van der Waals surface area contributed by atoms with Gasteiger partial charge < -0.3 is 27.0 Å². The normalized spacial score (nSPS) is 10.3. The van der Waals surface area contributed by atoms with E-state index in [-0.39, 0.29) is 11.9 Å². The van der Waals surface area contributed by atoms with Gasteiger partial charge in [-0.25, -0.2) is 4.79 Å². The zero-order valence-electron chi connectivity index (χ0n) is 16.5. The Morgan fingerprint density at radius 2 is 1.50 bits per heavy atom. The lowest BCUT2D eigenvalue weighted by Gasteiger charge is -2.22. The largest absolute Gasteiger partial charge is 0.397 e. The number of hydrogen-bond acceptors (Lipinski definition) is 4. The van der Waals surface area contributed by atoms with Gasteiger partial charge >= 0.3 is 6.03 Å². The number of nitrogen functional groups attached to an aromatic ring is 1. The summed E-state index contributed by atoms with van der Waals surface area (Å²) in [6, 6.07) is 23.2. The van der Waals surface area contributed by atoms with Gasteiger partial charge in [0.2, 0.25) is 0 Å². The van der Waals surface area contributed by atoms with E-state index in [1.165, 1.54) is 0 Å². The highest BCUT2D eigenvalue weighted by atomic mass is 16.2. The van der Waals surface area contributed by atoms with Gasteiger partial charge in [0.25, 0.3) is 5.91 Å². The van der Waals surface area contributed by atoms with Crippen molar-refractivity contribution in [2.24, 2.45) is 5.73 Å². The first-order valence-corrected chi connectivity index (χ1v) is 9.62. The zero-order chi connectivity index (χ0) is 21.3. The van der Waals surface area contributed by atoms with Crippen LogP contribution in [-0.4, -0.2) is 29.9 Å². The minimum absolute atomic E-state index is 0.229. The molecule has 0 bridgehead atoms. The third-order valence-electron chi connectivity index (χ3n) is 4.51. The van der Waals surface area contributed by atoms with Gasteiger partial charge in [-0.05, 0) is 42.0 Å². The lowest BCUT2D eigenvalue weighted by molar-refractivity contribution is 0.102. The van der Waals surface area contributed by atoms with Crippen LogP contribution in [-0.2, 0) is 6.54 Å². The van der Waals surface area contributed by atoms with Crippen LogP contribution in [0.2, 0.25) is 0 Å². The van der Waals surface area contributed by atoms with Crippen LogP contribution < -0.4 is 22.1 Å². The van der Waals surface area contributed by atoms with Crippen LogP contribution in [0.1, 0.15) is 15.9 Å². The summed E-state index contributed by atoms with van der Waals surface area (Å²) in [4.78, 5) is 26.7. The predicted octanol–water partition coefficient (Wildman–Crippen LogP) is 3.51. The fourth-order valence-corrected chi connectivity index (χ4v) is 2.92. The van der Waals surface area contributed by atoms with E-state index in [4.69, 9.17) is 11.5 Å². The summed E-state index contributed by atoms with van der Waals surface area (Å²) in [6.07, 6.45) is 0. The number of carbonyl (C=O) groups is 2. The minimum atomic E-state index is -0.250. The van der Waals surface area contributed by atoms with Crippen LogP contribution in [0.15, 0.2) is 78.9 Å². The van der Waals surface area contributed by atoms with Crippen LogP contribution in [0, 0.1) is 0 Å². The van der Waals surface area contributed by atoms with Crippen molar-refractivity contribution in [1.82, 2.24) is 4.90 Å². The minimum Gasteiger partial charge on any atom is -0.397 e. The van der Waals surface area contributed by atoms with Gasteiger partial charge in [-0.1, -0.05) is 42.5 Å². The van der Waals surface area contributed by atoms with Crippen molar-refractivity contribution in [3.8, 4) is 0 Å². The topological polar surface area (TPSA) is 113 Å². The molecule has 154 valence electrons. The summed E-state index contributed by atoms with van der Waals surface area (Å²) in [5.41, 5.74) is 14.7. The predicted molar refractivity (Wildman–Crippen MR) is 120 cm³/mol. The van der Waals surface area contributed by atoms with Gasteiger partial charge in [0.15, 0.2) is 0 Å². The molecule has 7 heteroatoms. The van der Waals surface area contributed by atoms with Gasteiger partial charge in [0.1, 0.15) is 0 Å². The molecule has 0 atom stereocenters. The van der Waals surface area contributed by atoms with Gasteiger partial charge in [-0.3, -0.25) is 4.79 Å². The van der Waals surface area contributed by atoms with E-state index in [0.29, 0.717) is 36.6 Å². The monoisotopic (exact) mass is 403 g/mol. The van der Waals surface area contributed by atoms with Gasteiger partial charge in [-0.2, -0.15) is 0 Å². The number of nitrogens with zero attached hydrogens (tertiary/aromatic N) is 1. The van der Waals surface area contributed by atoms with E-state index in [1.54, 1.807) is 35.2 Å². The Labute approximate surface area is 175 Å². The summed E-state index contributed by atoms with van der Waals surface area (Å²) in [5.74, 6) is -0.250. The summed E-state index contributed by atoms with van der Waals surface area (Å²) < 4.78 is 0. The zero-order valence-corrected chi connectivity index (χ0v) is 16.5. The van der Waals surface area contributed by atoms with Crippen LogP contribution in [0.3, 0.4) is 0 Å². The highest BCUT2D eigenvalue weighted by Crippen LogP contribution is 2.18. The van der Waals surface area contributed by atoms with Gasteiger partial charge in [0.05, 0.1) is 11.4 Å². The van der Waals surface area contributed by atoms with E-state index >= 15 is 0 Å². The number of anilines is 3. The third-order valence-corrected chi connectivity index (χ3v) is 4.51. The summed E-state index contributed by atoms with van der Waals surface area (Å²) in [6.45, 7) is 1.14. The van der Waals surface area contributed by atoms with Crippen molar-refractivity contribution in [3.05, 3.63) is 90.0 Å². The number of urea groups is 1. The van der Waals surface area contributed by atoms with Crippen molar-refractivity contribution in [2.45, 2.75) is 6.54 Å². The highest BCUT2D eigenvalue weighted by Gasteiger charge is 2.14. The molecule has 6 N–H and O–H groups in total. The van der Waals surface area contributed by atoms with Crippen LogP contribution in [0.25, 0.3) is 0 Å². The van der Waals surface area contributed by atoms with Gasteiger partial charge in [-0.15, -0.1) is 0 Å². The average molecular weight is 403 g/mol. The Kier molecular flexibility index (Phi) is 7.02. The Morgan fingerprint density at radius 3 is 2.17 bits per heavy atom. The molecule has 30 heavy (non-hydrogen) atoms. The maximum absolute atomic E-state index is 12.6. The Morgan fingerprint density at radius 1 is 0.833 bits per heavy atom. The first-order valence-electron chi connectivity index (χ1n) is 9.62. The molecule has 3 amide bonds. The number of nitrogens with one attached hydrogen (secondary N) is 2. The van der Waals surface area contributed by atoms with Crippen LogP contribution in [0.4, 0.5) is 21.9 Å². The maximum Gasteiger partial charge on any atom is 0.322 e. The molecule has 0 aromatic heterocycles. The molecule has 0 fully saturated rings. The Balaban J connectivity index is 1.64. The number of nitrogens with two attached hydrogens (primary N) is 2. The highest BCUT2D eigenvalue weighted by molar-refractivity contribution is 6.05. The van der Waals surface area contributed by atoms with E-state index in [9.17, 15) is 9.59 Å². The lowest BCUT2D eigenvalue weighted by atomic mass is 10.1. The molecule has 7 nitrogen and oxygen atoms in total. The van der Waals surface area contributed by atoms with Crippen molar-refractivity contribution in [1.29, 1.82) is 0 Å². The number of hydrogen-bond donors (Lipinski definition) is 4. The molecule has 3 aromatic carbocycles. The first-order chi connectivity index (χ1) is 14.6. The second-order valence-electron chi connectivity index (χ2n) is 6.74. The standard InChI is InChI=1S/C23H25N5O2/c24-14-15-28(23(30)26-19-6-2-1-3-7-19)16-17-10-12-18(13-11-17)22(29)27-21-9-5-4-8-20(21)25/h1-13H,14-16,24-25H2,(H,26,30)(H,27,29). The molecule has 3 rings (SSSR count). The third kappa shape index (κ3) is 5.59. The molecule has 0 aliphatic heterocycles. The van der Waals surface area contributed by atoms with Crippen molar-refractivity contribution in [2.75, 3.05) is 29.5 Å². The summed E-state index contributed by atoms with van der Waals surface area (Å²) >= 11 is 0. The smallest absolute Gasteiger partial charge is 0.322 e. The fourth-order valence-electron chi connectivity index (χ4n) is 2.92. The Hall–Kier alpha value is -3.84. The number of carbonyl (C=O) groups excluding carboxylic acids is 2. The molecule has 0 unspecified atom stereocenters. The number of benzene rings is 3. The molecular weight excluding hydrogens is 378 g/mol. The molecule has 0 aliphatic carbocycles. The second kappa shape index (κ2) is 10.1. The van der Waals surface area contributed by atoms with Crippen LogP contribution >= 0.6 is 0 Å². The number of amides is 3. The molecule has 0 aliphatic rings. The molecular formula is C23H25N5O2. The summed E-state index contributed by atoms with van der Waals surface area (Å²) in [7, 11) is 0. The van der Waals surface area contributed by atoms with Crippen molar-refractivity contribution >= 4 is 29.0 Å². The molecule has 0 heterocycles. The molecule has 0 spiro atoms. The van der Waals surface area contributed by atoms with Crippen LogP contribution in [0.5, 0.6) is 0 Å². The number of para-hydroxylation sites is 3. The first kappa shape index (κ1) is 20.9. The molecule has 0 saturated heterocycles. The number of rotatable bonds is 7. The van der Waals surface area contributed by atoms with E-state index in [0.717, 1.165) is 11.3 Å². The van der Waals surface area contributed by atoms with E-state index in [2.05, 4.69) is 10.6 Å². The quantitative estimate of drug-likeness (QED) is 0.452. The molecule has 0 saturated carbocycles. The Bertz CT molecular complexity index is 990. The lowest BCUT2D eigenvalue weighted by Crippen LogP contribution is -2.38. The second-order valence-corrected chi connectivity index (χ2v) is 6.74. The van der Waals surface area contributed by atoms with Crippen molar-refractivity contribution < 1.29 is 9.59 Å². The molecule has 0 radical (unpaired) electrons. The fraction of sp³-hybridized carbons (Fsp3) is 0.130. The van der Waals surface area contributed by atoms with Gasteiger partial charge in [0, 0.05) is 30.9 Å². The van der Waals surface area contributed by atoms with Crippen molar-refractivity contribution in [3.63, 3.8) is 0 Å². The van der Waals surface area contributed by atoms with E-state index in [1.807, 2.05) is 48.5 Å². The molecule has 3 aromatic rings. The summed E-state index contributed by atoms with van der Waals surface area (Å²) in [5, 5.41) is 5.66. The SMILES string of the molecule is NCCN(Cc1ccc(C(=O)Nc2ccccc2N)cc1)C(=O)Nc1ccccc1. The maximum atomic E-state index is 12.6.